The lowest BCUT2D eigenvalue weighted by molar-refractivity contribution is 0.783. The van der Waals surface area contributed by atoms with Crippen LogP contribution in [-0.4, -0.2) is 0 Å². The molecule has 0 unspecified atom stereocenters. The van der Waals surface area contributed by atoms with E-state index in [1.807, 2.05) is 0 Å². The van der Waals surface area contributed by atoms with E-state index in [-0.39, 0.29) is 0 Å². The average Bonchev–Trinajstić information content (AvgIpc) is 2.66. The molecule has 0 atom stereocenters. The van der Waals surface area contributed by atoms with Gasteiger partial charge in [-0.15, -0.1) is 11.3 Å². The second kappa shape index (κ2) is 7.13. The summed E-state index contributed by atoms with van der Waals surface area (Å²) in [6, 6.07) is 0. The zero-order valence-corrected chi connectivity index (χ0v) is 13.7. The van der Waals surface area contributed by atoms with Crippen LogP contribution in [0.2, 0.25) is 0 Å². The van der Waals surface area contributed by atoms with Gasteiger partial charge in [0.2, 0.25) is 0 Å². The molecule has 1 aromatic rings. The highest BCUT2D eigenvalue weighted by Crippen LogP contribution is 2.39. The van der Waals surface area contributed by atoms with Crippen molar-refractivity contribution < 1.29 is 0 Å². The predicted octanol–water partition coefficient (Wildman–Crippen LogP) is 6.07. The minimum atomic E-state index is 0.652. The highest BCUT2D eigenvalue weighted by molar-refractivity contribution is 7.12. The zero-order chi connectivity index (χ0) is 13.7. The molecule has 0 nitrogen and oxygen atoms in total. The Balaban J connectivity index is 3.28. The van der Waals surface area contributed by atoms with Crippen molar-refractivity contribution in [3.8, 4) is 0 Å². The van der Waals surface area contributed by atoms with Crippen LogP contribution in [0.25, 0.3) is 0 Å². The molecule has 1 rings (SSSR count). The zero-order valence-electron chi connectivity index (χ0n) is 12.8. The van der Waals surface area contributed by atoms with Gasteiger partial charge in [-0.3, -0.25) is 0 Å². The van der Waals surface area contributed by atoms with E-state index in [1.165, 1.54) is 12.8 Å². The third kappa shape index (κ3) is 3.47. The molecule has 0 bridgehead atoms. The first-order valence-corrected chi connectivity index (χ1v) is 8.09. The Bertz CT molecular complexity index is 394. The molecule has 1 aromatic heterocycles. The summed E-state index contributed by atoms with van der Waals surface area (Å²) in [5.41, 5.74) is 3.30. The van der Waals surface area contributed by atoms with Gasteiger partial charge in [-0.25, -0.2) is 0 Å². The molecule has 0 aliphatic carbocycles. The molecule has 0 radical (unpaired) electrons. The monoisotopic (exact) mass is 264 g/mol. The van der Waals surface area contributed by atoms with E-state index in [9.17, 15) is 0 Å². The Labute approximate surface area is 117 Å². The lowest BCUT2D eigenvalue weighted by Crippen LogP contribution is -1.99. The van der Waals surface area contributed by atoms with Gasteiger partial charge in [0.25, 0.3) is 0 Å². The van der Waals surface area contributed by atoms with Crippen LogP contribution in [0.3, 0.4) is 0 Å². The number of allylic oxidation sites excluding steroid dienone is 2. The Kier molecular flexibility index (Phi) is 6.14. The fourth-order valence-corrected chi connectivity index (χ4v) is 4.01. The molecular formula is C17H28S. The topological polar surface area (TPSA) is 0 Å². The summed E-state index contributed by atoms with van der Waals surface area (Å²) in [6.07, 6.45) is 8.06. The second-order valence-electron chi connectivity index (χ2n) is 5.61. The standard InChI is InChI=1S/C17H28S/c1-7-9-11-15-14(10-8-2)16(12(3)4)17(18-15)13(5)6/h7,9,12-13H,8,10-11H2,1-6H3/b9-7+. The molecule has 0 amide bonds. The Morgan fingerprint density at radius 3 is 2.22 bits per heavy atom. The van der Waals surface area contributed by atoms with Gasteiger partial charge in [-0.1, -0.05) is 53.2 Å². The van der Waals surface area contributed by atoms with Gasteiger partial charge in [-0.05, 0) is 36.3 Å². The van der Waals surface area contributed by atoms with Crippen molar-refractivity contribution in [2.75, 3.05) is 0 Å². The first kappa shape index (κ1) is 15.5. The first-order chi connectivity index (χ1) is 8.52. The van der Waals surface area contributed by atoms with Gasteiger partial charge in [0, 0.05) is 16.2 Å². The normalized spacial score (nSPS) is 12.2. The molecule has 18 heavy (non-hydrogen) atoms. The summed E-state index contributed by atoms with van der Waals surface area (Å²) in [7, 11) is 0. The summed E-state index contributed by atoms with van der Waals surface area (Å²) in [4.78, 5) is 3.22. The molecule has 0 spiro atoms. The van der Waals surface area contributed by atoms with Crippen molar-refractivity contribution in [1.29, 1.82) is 0 Å². The van der Waals surface area contributed by atoms with Gasteiger partial charge < -0.3 is 0 Å². The quantitative estimate of drug-likeness (QED) is 0.547. The minimum Gasteiger partial charge on any atom is -0.144 e. The molecule has 1 heterocycles. The largest absolute Gasteiger partial charge is 0.144 e. The van der Waals surface area contributed by atoms with E-state index in [4.69, 9.17) is 0 Å². The van der Waals surface area contributed by atoms with Crippen LogP contribution in [-0.2, 0) is 12.8 Å². The fourth-order valence-electron chi connectivity index (χ4n) is 2.52. The summed E-state index contributed by atoms with van der Waals surface area (Å²) in [5, 5.41) is 0. The van der Waals surface area contributed by atoms with E-state index < -0.39 is 0 Å². The summed E-state index contributed by atoms with van der Waals surface area (Å²) >= 11 is 2.05. The summed E-state index contributed by atoms with van der Waals surface area (Å²) in [5.74, 6) is 1.31. The highest BCUT2D eigenvalue weighted by atomic mass is 32.1. The van der Waals surface area contributed by atoms with Gasteiger partial charge in [-0.2, -0.15) is 0 Å². The minimum absolute atomic E-state index is 0.652. The maximum absolute atomic E-state index is 2.34. The van der Waals surface area contributed by atoms with E-state index in [2.05, 4.69) is 65.0 Å². The Morgan fingerprint density at radius 2 is 1.78 bits per heavy atom. The molecule has 0 fully saturated rings. The van der Waals surface area contributed by atoms with Gasteiger partial charge >= 0.3 is 0 Å². The molecule has 0 N–H and O–H groups in total. The van der Waals surface area contributed by atoms with Crippen molar-refractivity contribution in [3.05, 3.63) is 33.0 Å². The average molecular weight is 264 g/mol. The second-order valence-corrected chi connectivity index (χ2v) is 6.75. The van der Waals surface area contributed by atoms with E-state index in [0.717, 1.165) is 6.42 Å². The van der Waals surface area contributed by atoms with Crippen molar-refractivity contribution in [2.24, 2.45) is 0 Å². The molecular weight excluding hydrogens is 236 g/mol. The molecule has 0 aromatic carbocycles. The van der Waals surface area contributed by atoms with Crippen LogP contribution in [0, 0.1) is 0 Å². The van der Waals surface area contributed by atoms with Gasteiger partial charge in [0.15, 0.2) is 0 Å². The SMILES string of the molecule is C/C=C/Cc1sc(C(C)C)c(C(C)C)c1CCC. The van der Waals surface area contributed by atoms with Gasteiger partial charge in [0.1, 0.15) is 0 Å². The summed E-state index contributed by atoms with van der Waals surface area (Å²) < 4.78 is 0. The molecule has 102 valence electrons. The number of rotatable bonds is 6. The highest BCUT2D eigenvalue weighted by Gasteiger charge is 2.20. The predicted molar refractivity (Wildman–Crippen MR) is 85.0 cm³/mol. The van der Waals surface area contributed by atoms with E-state index >= 15 is 0 Å². The van der Waals surface area contributed by atoms with E-state index in [1.54, 1.807) is 20.9 Å². The smallest absolute Gasteiger partial charge is 0.0121 e. The van der Waals surface area contributed by atoms with Crippen molar-refractivity contribution in [3.63, 3.8) is 0 Å². The lowest BCUT2D eigenvalue weighted by atomic mass is 9.91. The van der Waals surface area contributed by atoms with Crippen LogP contribution in [0.15, 0.2) is 12.2 Å². The van der Waals surface area contributed by atoms with Crippen LogP contribution in [0.1, 0.15) is 80.7 Å². The van der Waals surface area contributed by atoms with Crippen molar-refractivity contribution in [1.82, 2.24) is 0 Å². The Morgan fingerprint density at radius 1 is 1.11 bits per heavy atom. The van der Waals surface area contributed by atoms with Gasteiger partial charge in [0.05, 0.1) is 0 Å². The summed E-state index contributed by atoms with van der Waals surface area (Å²) in [6.45, 7) is 13.7. The van der Waals surface area contributed by atoms with Crippen LogP contribution < -0.4 is 0 Å². The van der Waals surface area contributed by atoms with Crippen LogP contribution >= 0.6 is 11.3 Å². The van der Waals surface area contributed by atoms with Crippen molar-refractivity contribution >= 4 is 11.3 Å². The van der Waals surface area contributed by atoms with Crippen molar-refractivity contribution in [2.45, 2.75) is 72.6 Å². The number of hydrogen-bond acceptors (Lipinski definition) is 1. The van der Waals surface area contributed by atoms with Crippen LogP contribution in [0.4, 0.5) is 0 Å². The first-order valence-electron chi connectivity index (χ1n) is 7.28. The number of hydrogen-bond donors (Lipinski definition) is 0. The Hall–Kier alpha value is -0.560. The fraction of sp³-hybridized carbons (Fsp3) is 0.647. The number of thiophene rings is 1. The third-order valence-electron chi connectivity index (χ3n) is 3.30. The molecule has 0 saturated heterocycles. The molecule has 0 saturated carbocycles. The maximum Gasteiger partial charge on any atom is 0.0121 e. The lowest BCUT2D eigenvalue weighted by Gasteiger charge is -2.13. The molecule has 1 heteroatoms. The van der Waals surface area contributed by atoms with Crippen LogP contribution in [0.5, 0.6) is 0 Å². The van der Waals surface area contributed by atoms with E-state index in [0.29, 0.717) is 11.8 Å². The maximum atomic E-state index is 2.34. The molecule has 0 aliphatic rings. The third-order valence-corrected chi connectivity index (χ3v) is 4.87. The molecule has 0 aliphatic heterocycles.